The fraction of sp³-hybridized carbons (Fsp3) is 0.529. The predicted molar refractivity (Wildman–Crippen MR) is 101 cm³/mol. The minimum Gasteiger partial charge on any atom is -0.481 e. The summed E-state index contributed by atoms with van der Waals surface area (Å²) in [6, 6.07) is 3.97. The van der Waals surface area contributed by atoms with E-state index in [2.05, 4.69) is 30.4 Å². The van der Waals surface area contributed by atoms with Gasteiger partial charge in [0.05, 0.1) is 24.3 Å². The molecule has 0 atom stereocenters. The average Bonchev–Trinajstić information content (AvgIpc) is 2.67. The summed E-state index contributed by atoms with van der Waals surface area (Å²) < 4.78 is 28.9. The van der Waals surface area contributed by atoms with Gasteiger partial charge < -0.3 is 15.0 Å². The van der Waals surface area contributed by atoms with Crippen LogP contribution >= 0.6 is 0 Å². The Morgan fingerprint density at radius 2 is 2.00 bits per heavy atom. The molecule has 0 unspecified atom stereocenters. The summed E-state index contributed by atoms with van der Waals surface area (Å²) in [7, 11) is -1.43. The van der Waals surface area contributed by atoms with Crippen LogP contribution < -0.4 is 15.0 Å². The van der Waals surface area contributed by atoms with Gasteiger partial charge in [0.25, 0.3) is 0 Å². The molecular weight excluding hydrogens is 368 g/mol. The summed E-state index contributed by atoms with van der Waals surface area (Å²) in [4.78, 5) is 10.4. The van der Waals surface area contributed by atoms with Crippen molar-refractivity contribution in [1.82, 2.24) is 20.2 Å². The zero-order chi connectivity index (χ0) is 18.9. The first-order valence-electron chi connectivity index (χ1n) is 8.96. The normalized spacial score (nSPS) is 19.4. The molecule has 0 bridgehead atoms. The van der Waals surface area contributed by atoms with Crippen molar-refractivity contribution >= 4 is 21.5 Å². The van der Waals surface area contributed by atoms with Crippen LogP contribution in [0.5, 0.6) is 5.88 Å². The van der Waals surface area contributed by atoms with Crippen LogP contribution in [0.25, 0.3) is 0 Å². The molecule has 144 valence electrons. The third-order valence-corrected chi connectivity index (χ3v) is 6.57. The second-order valence-electron chi connectivity index (χ2n) is 6.87. The molecule has 0 saturated carbocycles. The Kier molecular flexibility index (Phi) is 4.81. The van der Waals surface area contributed by atoms with E-state index in [4.69, 9.17) is 4.74 Å². The van der Waals surface area contributed by atoms with Crippen LogP contribution in [-0.2, 0) is 22.0 Å². The Hall–Kier alpha value is -2.49. The van der Waals surface area contributed by atoms with Crippen molar-refractivity contribution in [3.05, 3.63) is 29.7 Å². The van der Waals surface area contributed by atoms with E-state index in [0.29, 0.717) is 18.3 Å². The molecule has 0 radical (unpaired) electrons. The lowest BCUT2D eigenvalue weighted by atomic mass is 10.0. The number of piperidine rings is 1. The average molecular weight is 390 g/mol. The Morgan fingerprint density at radius 3 is 2.78 bits per heavy atom. The number of aromatic nitrogens is 4. The number of hydrogen-bond acceptors (Lipinski definition) is 9. The van der Waals surface area contributed by atoms with Gasteiger partial charge in [-0.25, -0.2) is 18.4 Å². The molecule has 2 aliphatic rings. The maximum absolute atomic E-state index is 11.9. The van der Waals surface area contributed by atoms with E-state index in [1.165, 1.54) is 6.33 Å². The van der Waals surface area contributed by atoms with E-state index in [-0.39, 0.29) is 11.5 Å². The van der Waals surface area contributed by atoms with E-state index in [1.807, 2.05) is 6.07 Å². The van der Waals surface area contributed by atoms with Gasteiger partial charge in [-0.15, -0.1) is 5.10 Å². The van der Waals surface area contributed by atoms with Crippen molar-refractivity contribution in [2.45, 2.75) is 31.1 Å². The molecule has 1 N–H and O–H groups in total. The fourth-order valence-corrected chi connectivity index (χ4v) is 4.86. The summed E-state index contributed by atoms with van der Waals surface area (Å²) in [5.74, 6) is 2.27. The van der Waals surface area contributed by atoms with E-state index < -0.39 is 9.84 Å². The van der Waals surface area contributed by atoms with Gasteiger partial charge in [-0.3, -0.25) is 0 Å². The number of sulfone groups is 1. The molecule has 0 amide bonds. The van der Waals surface area contributed by atoms with Gasteiger partial charge in [0, 0.05) is 31.6 Å². The molecule has 4 rings (SSSR count). The number of hydrogen-bond donors (Lipinski definition) is 1. The van der Waals surface area contributed by atoms with Crippen LogP contribution in [-0.4, -0.2) is 60.6 Å². The van der Waals surface area contributed by atoms with Gasteiger partial charge in [0.1, 0.15) is 12.1 Å². The molecule has 2 aromatic heterocycles. The second kappa shape index (κ2) is 7.26. The number of ether oxygens (including phenoxy) is 1. The van der Waals surface area contributed by atoms with Crippen LogP contribution in [0.2, 0.25) is 0 Å². The zero-order valence-corrected chi connectivity index (χ0v) is 15.9. The van der Waals surface area contributed by atoms with E-state index >= 15 is 0 Å². The minimum absolute atomic E-state index is 0.0679. The molecular formula is C17H22N6O3S. The fourth-order valence-electron chi connectivity index (χ4n) is 3.49. The summed E-state index contributed by atoms with van der Waals surface area (Å²) in [6.45, 7) is 1.64. The Bertz CT molecular complexity index is 928. The molecule has 0 aromatic carbocycles. The largest absolute Gasteiger partial charge is 0.481 e. The van der Waals surface area contributed by atoms with Gasteiger partial charge in [-0.05, 0) is 24.5 Å². The lowest BCUT2D eigenvalue weighted by Crippen LogP contribution is -2.40. The summed E-state index contributed by atoms with van der Waals surface area (Å²) >= 11 is 0. The van der Waals surface area contributed by atoms with Gasteiger partial charge in [0.15, 0.2) is 15.7 Å². The Balaban J connectivity index is 1.39. The van der Waals surface area contributed by atoms with Crippen molar-refractivity contribution in [1.29, 1.82) is 0 Å². The van der Waals surface area contributed by atoms with Gasteiger partial charge in [-0.2, -0.15) is 5.10 Å². The number of fused-ring (bicyclic) bond motifs is 1. The highest BCUT2D eigenvalue weighted by molar-refractivity contribution is 7.90. The first-order valence-corrected chi connectivity index (χ1v) is 10.8. The van der Waals surface area contributed by atoms with Crippen molar-refractivity contribution in [2.75, 3.05) is 36.2 Å². The summed E-state index contributed by atoms with van der Waals surface area (Å²) in [6.07, 6.45) is 3.78. The van der Waals surface area contributed by atoms with Crippen molar-refractivity contribution in [2.24, 2.45) is 0 Å². The van der Waals surface area contributed by atoms with Crippen LogP contribution in [0, 0.1) is 0 Å². The van der Waals surface area contributed by atoms with Crippen molar-refractivity contribution in [3.8, 4) is 5.88 Å². The maximum atomic E-state index is 11.9. The molecule has 0 spiro atoms. The first kappa shape index (κ1) is 17.9. The number of anilines is 2. The predicted octanol–water partition coefficient (Wildman–Crippen LogP) is 0.827. The molecule has 1 fully saturated rings. The summed E-state index contributed by atoms with van der Waals surface area (Å²) in [5, 5.41) is 12.0. The minimum atomic E-state index is -3.01. The maximum Gasteiger partial charge on any atom is 0.218 e. The smallest absolute Gasteiger partial charge is 0.218 e. The number of aryl methyl sites for hydroxylation is 1. The van der Waals surface area contributed by atoms with Gasteiger partial charge in [-0.1, -0.05) is 0 Å². The molecule has 27 heavy (non-hydrogen) atoms. The van der Waals surface area contributed by atoms with E-state index in [9.17, 15) is 8.42 Å². The summed E-state index contributed by atoms with van der Waals surface area (Å²) in [5.41, 5.74) is 1.60. The lowest BCUT2D eigenvalue weighted by Gasteiger charge is -2.33. The molecule has 10 heteroatoms. The Labute approximate surface area is 158 Å². The zero-order valence-electron chi connectivity index (χ0n) is 15.1. The third kappa shape index (κ3) is 4.10. The second-order valence-corrected chi connectivity index (χ2v) is 9.05. The van der Waals surface area contributed by atoms with E-state index in [1.54, 1.807) is 13.2 Å². The lowest BCUT2D eigenvalue weighted by molar-refractivity contribution is 0.397. The van der Waals surface area contributed by atoms with Crippen molar-refractivity contribution in [3.63, 3.8) is 0 Å². The third-order valence-electron chi connectivity index (χ3n) is 4.99. The SMILES string of the molecule is COc1cc(NC2CCN(c3cc4c(nn3)CCS(=O)(=O)C4)CC2)ncn1. The highest BCUT2D eigenvalue weighted by Crippen LogP contribution is 2.25. The number of nitrogens with one attached hydrogen (secondary N) is 1. The number of nitrogens with zero attached hydrogens (tertiary/aromatic N) is 5. The molecule has 0 aliphatic carbocycles. The first-order chi connectivity index (χ1) is 13.0. The van der Waals surface area contributed by atoms with Crippen LogP contribution in [0.15, 0.2) is 18.5 Å². The highest BCUT2D eigenvalue weighted by Gasteiger charge is 2.26. The molecule has 2 aliphatic heterocycles. The quantitative estimate of drug-likeness (QED) is 0.811. The van der Waals surface area contributed by atoms with Gasteiger partial charge >= 0.3 is 0 Å². The molecule has 4 heterocycles. The molecule has 1 saturated heterocycles. The van der Waals surface area contributed by atoms with Crippen LogP contribution in [0.4, 0.5) is 11.6 Å². The van der Waals surface area contributed by atoms with Gasteiger partial charge in [0.2, 0.25) is 5.88 Å². The number of methoxy groups -OCH3 is 1. The van der Waals surface area contributed by atoms with E-state index in [0.717, 1.165) is 48.8 Å². The molecule has 9 nitrogen and oxygen atoms in total. The number of rotatable bonds is 4. The Morgan fingerprint density at radius 1 is 1.19 bits per heavy atom. The monoisotopic (exact) mass is 390 g/mol. The van der Waals surface area contributed by atoms with Crippen molar-refractivity contribution < 1.29 is 13.2 Å². The van der Waals surface area contributed by atoms with Crippen LogP contribution in [0.1, 0.15) is 24.1 Å². The molecule has 2 aromatic rings. The van der Waals surface area contributed by atoms with Crippen LogP contribution in [0.3, 0.4) is 0 Å². The highest BCUT2D eigenvalue weighted by atomic mass is 32.2. The topological polar surface area (TPSA) is 110 Å². The standard InChI is InChI=1S/C17H22N6O3S/c1-26-17-9-15(18-11-19-17)20-13-2-5-23(6-3-13)16-8-12-10-27(24,25)7-4-14(12)21-22-16/h8-9,11,13H,2-7,10H2,1H3,(H,18,19,20).